The lowest BCUT2D eigenvalue weighted by Gasteiger charge is -2.07. The maximum atomic E-state index is 14.5. The molecule has 1 aliphatic rings. The number of halogens is 1. The molecule has 0 saturated heterocycles. The highest BCUT2D eigenvalue weighted by Gasteiger charge is 2.08. The standard InChI is InChI=1S/C21H19F/c1-15-4-3-5-18(11-8-15)20-13-12-19(14-21(20)22)17-9-6-16(2)7-10-17/h3,5-14H,4H2,1-2H3. The SMILES string of the molecule is CC1=CC=C(c2ccc(-c3ccc(C)cc3)cc2F)C=CC1. The number of hydrogen-bond donors (Lipinski definition) is 0. The van der Waals surface area contributed by atoms with Crippen LogP contribution in [0.3, 0.4) is 0 Å². The van der Waals surface area contributed by atoms with Crippen molar-refractivity contribution in [2.75, 3.05) is 0 Å². The van der Waals surface area contributed by atoms with Gasteiger partial charge in [-0.3, -0.25) is 0 Å². The van der Waals surface area contributed by atoms with E-state index in [1.807, 2.05) is 55.5 Å². The maximum Gasteiger partial charge on any atom is 0.131 e. The lowest BCUT2D eigenvalue weighted by atomic mass is 9.98. The number of allylic oxidation sites excluding steroid dienone is 6. The summed E-state index contributed by atoms with van der Waals surface area (Å²) in [5.74, 6) is -0.179. The van der Waals surface area contributed by atoms with Crippen LogP contribution in [-0.2, 0) is 0 Å². The van der Waals surface area contributed by atoms with Crippen LogP contribution in [0, 0.1) is 12.7 Å². The van der Waals surface area contributed by atoms with Gasteiger partial charge in [0.25, 0.3) is 0 Å². The summed E-state index contributed by atoms with van der Waals surface area (Å²) in [4.78, 5) is 0. The topological polar surface area (TPSA) is 0 Å². The number of benzene rings is 2. The van der Waals surface area contributed by atoms with Crippen molar-refractivity contribution in [3.8, 4) is 11.1 Å². The molecule has 0 atom stereocenters. The Labute approximate surface area is 131 Å². The van der Waals surface area contributed by atoms with E-state index in [9.17, 15) is 4.39 Å². The quantitative estimate of drug-likeness (QED) is 0.627. The largest absolute Gasteiger partial charge is 0.206 e. The zero-order chi connectivity index (χ0) is 15.5. The van der Waals surface area contributed by atoms with Gasteiger partial charge in [-0.2, -0.15) is 0 Å². The average molecular weight is 290 g/mol. The molecule has 2 aromatic rings. The van der Waals surface area contributed by atoms with Crippen molar-refractivity contribution in [2.24, 2.45) is 0 Å². The third kappa shape index (κ3) is 3.09. The Morgan fingerprint density at radius 1 is 0.864 bits per heavy atom. The summed E-state index contributed by atoms with van der Waals surface area (Å²) in [6, 6.07) is 13.6. The Balaban J connectivity index is 1.98. The van der Waals surface area contributed by atoms with Gasteiger partial charge in [-0.15, -0.1) is 0 Å². The maximum absolute atomic E-state index is 14.5. The van der Waals surface area contributed by atoms with E-state index in [-0.39, 0.29) is 5.82 Å². The fourth-order valence-corrected chi connectivity index (χ4v) is 2.58. The van der Waals surface area contributed by atoms with E-state index in [4.69, 9.17) is 0 Å². The Morgan fingerprint density at radius 2 is 1.59 bits per heavy atom. The molecule has 0 unspecified atom stereocenters. The molecule has 0 radical (unpaired) electrons. The molecule has 0 nitrogen and oxygen atoms in total. The zero-order valence-electron chi connectivity index (χ0n) is 12.9. The van der Waals surface area contributed by atoms with Gasteiger partial charge < -0.3 is 0 Å². The fraction of sp³-hybridized carbons (Fsp3) is 0.143. The highest BCUT2D eigenvalue weighted by Crippen LogP contribution is 2.27. The van der Waals surface area contributed by atoms with Gasteiger partial charge >= 0.3 is 0 Å². The highest BCUT2D eigenvalue weighted by atomic mass is 19.1. The molecule has 1 aliphatic carbocycles. The summed E-state index contributed by atoms with van der Waals surface area (Å²) in [7, 11) is 0. The van der Waals surface area contributed by atoms with Gasteiger partial charge in [0.1, 0.15) is 5.82 Å². The lowest BCUT2D eigenvalue weighted by molar-refractivity contribution is 0.625. The third-order valence-electron chi connectivity index (χ3n) is 3.95. The van der Waals surface area contributed by atoms with Gasteiger partial charge in [-0.25, -0.2) is 4.39 Å². The molecule has 22 heavy (non-hydrogen) atoms. The summed E-state index contributed by atoms with van der Waals surface area (Å²) >= 11 is 0. The summed E-state index contributed by atoms with van der Waals surface area (Å²) in [5, 5.41) is 0. The number of rotatable bonds is 2. The Hall–Kier alpha value is -2.41. The van der Waals surface area contributed by atoms with Crippen LogP contribution in [-0.4, -0.2) is 0 Å². The third-order valence-corrected chi connectivity index (χ3v) is 3.95. The fourth-order valence-electron chi connectivity index (χ4n) is 2.58. The second-order valence-electron chi connectivity index (χ2n) is 5.80. The number of hydrogen-bond acceptors (Lipinski definition) is 0. The molecule has 1 heteroatoms. The van der Waals surface area contributed by atoms with E-state index in [0.717, 1.165) is 23.1 Å². The van der Waals surface area contributed by atoms with Crippen LogP contribution in [0.5, 0.6) is 0 Å². The minimum atomic E-state index is -0.179. The molecule has 0 amide bonds. The first kappa shape index (κ1) is 14.5. The summed E-state index contributed by atoms with van der Waals surface area (Å²) < 4.78 is 14.5. The van der Waals surface area contributed by atoms with Gasteiger partial charge in [-0.05, 0) is 43.0 Å². The predicted molar refractivity (Wildman–Crippen MR) is 92.1 cm³/mol. The molecule has 0 spiro atoms. The first-order chi connectivity index (χ1) is 10.6. The minimum absolute atomic E-state index is 0.179. The van der Waals surface area contributed by atoms with Gasteiger partial charge in [0.05, 0.1) is 0 Å². The van der Waals surface area contributed by atoms with Crippen LogP contribution in [0.1, 0.15) is 24.5 Å². The van der Waals surface area contributed by atoms with E-state index in [2.05, 4.69) is 19.1 Å². The Morgan fingerprint density at radius 3 is 2.32 bits per heavy atom. The van der Waals surface area contributed by atoms with Crippen molar-refractivity contribution in [1.82, 2.24) is 0 Å². The molecular weight excluding hydrogens is 271 g/mol. The van der Waals surface area contributed by atoms with E-state index >= 15 is 0 Å². The van der Waals surface area contributed by atoms with Crippen LogP contribution in [0.15, 0.2) is 72.3 Å². The molecular formula is C21H19F. The normalized spacial score (nSPS) is 14.3. The van der Waals surface area contributed by atoms with Crippen LogP contribution >= 0.6 is 0 Å². The van der Waals surface area contributed by atoms with Crippen LogP contribution in [0.4, 0.5) is 4.39 Å². The highest BCUT2D eigenvalue weighted by molar-refractivity contribution is 5.78. The van der Waals surface area contributed by atoms with Crippen LogP contribution in [0.2, 0.25) is 0 Å². The van der Waals surface area contributed by atoms with E-state index in [1.54, 1.807) is 6.07 Å². The molecule has 0 aromatic heterocycles. The van der Waals surface area contributed by atoms with Crippen molar-refractivity contribution in [3.63, 3.8) is 0 Å². The first-order valence-electron chi connectivity index (χ1n) is 7.54. The zero-order valence-corrected chi connectivity index (χ0v) is 12.9. The van der Waals surface area contributed by atoms with Crippen LogP contribution in [0.25, 0.3) is 16.7 Å². The molecule has 3 rings (SSSR count). The molecule has 0 N–H and O–H groups in total. The molecule has 110 valence electrons. The molecule has 0 aliphatic heterocycles. The Bertz CT molecular complexity index is 774. The van der Waals surface area contributed by atoms with Crippen molar-refractivity contribution in [3.05, 3.63) is 89.3 Å². The molecule has 0 saturated carbocycles. The first-order valence-corrected chi connectivity index (χ1v) is 7.54. The van der Waals surface area contributed by atoms with Crippen molar-refractivity contribution < 1.29 is 4.39 Å². The second-order valence-corrected chi connectivity index (χ2v) is 5.80. The van der Waals surface area contributed by atoms with E-state index < -0.39 is 0 Å². The monoisotopic (exact) mass is 290 g/mol. The molecule has 0 fully saturated rings. The Kier molecular flexibility index (Phi) is 4.06. The smallest absolute Gasteiger partial charge is 0.131 e. The molecule has 2 aromatic carbocycles. The van der Waals surface area contributed by atoms with Gasteiger partial charge in [0.15, 0.2) is 0 Å². The average Bonchev–Trinajstić information content (AvgIpc) is 2.73. The summed E-state index contributed by atoms with van der Waals surface area (Å²) in [6.45, 7) is 4.13. The molecule has 0 bridgehead atoms. The predicted octanol–water partition coefficient (Wildman–Crippen LogP) is 6.09. The minimum Gasteiger partial charge on any atom is -0.206 e. The van der Waals surface area contributed by atoms with Crippen molar-refractivity contribution in [2.45, 2.75) is 20.3 Å². The molecule has 0 heterocycles. The van der Waals surface area contributed by atoms with Gasteiger partial charge in [0.2, 0.25) is 0 Å². The van der Waals surface area contributed by atoms with Gasteiger partial charge in [0, 0.05) is 5.56 Å². The summed E-state index contributed by atoms with van der Waals surface area (Å²) in [5.41, 5.74) is 6.01. The van der Waals surface area contributed by atoms with Gasteiger partial charge in [-0.1, -0.05) is 71.8 Å². The van der Waals surface area contributed by atoms with E-state index in [1.165, 1.54) is 11.1 Å². The summed E-state index contributed by atoms with van der Waals surface area (Å²) in [6.07, 6.45) is 9.05. The van der Waals surface area contributed by atoms with E-state index in [0.29, 0.717) is 5.56 Å². The second kappa shape index (κ2) is 6.15. The van der Waals surface area contributed by atoms with Crippen molar-refractivity contribution in [1.29, 1.82) is 0 Å². The number of aryl methyl sites for hydroxylation is 1. The van der Waals surface area contributed by atoms with Crippen LogP contribution < -0.4 is 0 Å². The van der Waals surface area contributed by atoms with Crippen molar-refractivity contribution >= 4 is 5.57 Å². The lowest BCUT2D eigenvalue weighted by Crippen LogP contribution is -1.89.